The largest absolute Gasteiger partial charge is 0.475 e. The number of aliphatic carboxylic acids is 1. The standard InChI is InChI=1S/C12H18N4O7/c1-4(18)15-8-5(16-11(13)14)2-7(10(20)21)22-12(8)9(23-12)6(19)3-17/h2,5-6,8-9,17,19H,3H2,1H3,(H,15,18)(H,20,21)(H4,13,14,16)/t5-,6+,8+,9+,12-/m0/s1. The lowest BCUT2D eigenvalue weighted by atomic mass is 9.94. The van der Waals surface area contributed by atoms with Crippen molar-refractivity contribution in [1.29, 1.82) is 0 Å². The molecule has 1 amide bonds. The third kappa shape index (κ3) is 3.21. The summed E-state index contributed by atoms with van der Waals surface area (Å²) in [7, 11) is 0. The van der Waals surface area contributed by atoms with E-state index in [1.54, 1.807) is 0 Å². The first-order valence-electron chi connectivity index (χ1n) is 6.68. The second-order valence-corrected chi connectivity index (χ2v) is 5.17. The van der Waals surface area contributed by atoms with Gasteiger partial charge in [-0.1, -0.05) is 0 Å². The zero-order valence-corrected chi connectivity index (χ0v) is 12.2. The Bertz CT molecular complexity index is 574. The highest BCUT2D eigenvalue weighted by Gasteiger charge is 2.71. The van der Waals surface area contributed by atoms with Gasteiger partial charge in [0.1, 0.15) is 18.2 Å². The van der Waals surface area contributed by atoms with Crippen LogP contribution in [0, 0.1) is 0 Å². The molecule has 2 aliphatic rings. The van der Waals surface area contributed by atoms with Crippen LogP contribution in [0.2, 0.25) is 0 Å². The maximum absolute atomic E-state index is 11.4. The van der Waals surface area contributed by atoms with Crippen molar-refractivity contribution in [3.63, 3.8) is 0 Å². The maximum atomic E-state index is 11.4. The van der Waals surface area contributed by atoms with E-state index in [2.05, 4.69) is 10.3 Å². The number of nitrogens with one attached hydrogen (secondary N) is 1. The van der Waals surface area contributed by atoms with Crippen LogP contribution in [0.25, 0.3) is 0 Å². The minimum absolute atomic E-state index is 0.330. The van der Waals surface area contributed by atoms with Crippen LogP contribution < -0.4 is 16.8 Å². The van der Waals surface area contributed by atoms with E-state index in [9.17, 15) is 14.7 Å². The third-order valence-electron chi connectivity index (χ3n) is 3.42. The molecular weight excluding hydrogens is 312 g/mol. The molecule has 23 heavy (non-hydrogen) atoms. The maximum Gasteiger partial charge on any atom is 0.371 e. The van der Waals surface area contributed by atoms with E-state index in [0.29, 0.717) is 0 Å². The van der Waals surface area contributed by atoms with E-state index in [0.717, 1.165) is 6.08 Å². The number of guanidine groups is 1. The number of rotatable bonds is 5. The normalized spacial score (nSPS) is 33.2. The van der Waals surface area contributed by atoms with Crippen LogP contribution >= 0.6 is 0 Å². The number of aliphatic hydroxyl groups is 2. The SMILES string of the molecule is CC(=O)N[C@@H]1[C@@H](N=C(N)N)C=C(C(=O)O)O[C@]12O[C@@H]2[C@H](O)CO. The number of nitrogens with two attached hydrogens (primary N) is 2. The summed E-state index contributed by atoms with van der Waals surface area (Å²) in [4.78, 5) is 26.5. The number of carbonyl (C=O) groups excluding carboxylic acids is 1. The number of ether oxygens (including phenoxy) is 2. The molecule has 0 aromatic rings. The molecule has 5 atom stereocenters. The van der Waals surface area contributed by atoms with Gasteiger partial charge in [0, 0.05) is 6.92 Å². The molecule has 2 aliphatic heterocycles. The smallest absolute Gasteiger partial charge is 0.371 e. The second kappa shape index (κ2) is 6.02. The molecule has 0 aromatic heterocycles. The van der Waals surface area contributed by atoms with Gasteiger partial charge in [-0.2, -0.15) is 0 Å². The summed E-state index contributed by atoms with van der Waals surface area (Å²) < 4.78 is 10.6. The van der Waals surface area contributed by atoms with E-state index in [1.807, 2.05) is 0 Å². The van der Waals surface area contributed by atoms with Crippen molar-refractivity contribution in [2.75, 3.05) is 6.61 Å². The minimum atomic E-state index is -1.68. The van der Waals surface area contributed by atoms with Crippen molar-refractivity contribution in [3.05, 3.63) is 11.8 Å². The predicted octanol–water partition coefficient (Wildman–Crippen LogP) is -3.42. The predicted molar refractivity (Wildman–Crippen MR) is 74.7 cm³/mol. The summed E-state index contributed by atoms with van der Waals surface area (Å²) in [6, 6.07) is -1.98. The molecule has 2 heterocycles. The first-order valence-corrected chi connectivity index (χ1v) is 6.68. The molecule has 8 N–H and O–H groups in total. The minimum Gasteiger partial charge on any atom is -0.475 e. The Balaban J connectivity index is 2.43. The second-order valence-electron chi connectivity index (χ2n) is 5.17. The fourth-order valence-corrected chi connectivity index (χ4v) is 2.50. The molecule has 0 aromatic carbocycles. The van der Waals surface area contributed by atoms with Crippen molar-refractivity contribution in [1.82, 2.24) is 5.32 Å². The number of amides is 1. The Morgan fingerprint density at radius 2 is 2.17 bits per heavy atom. The highest BCUT2D eigenvalue weighted by Crippen LogP contribution is 2.48. The van der Waals surface area contributed by atoms with Crippen molar-refractivity contribution < 1.29 is 34.4 Å². The van der Waals surface area contributed by atoms with Gasteiger partial charge in [-0.05, 0) is 6.08 Å². The lowest BCUT2D eigenvalue weighted by Crippen LogP contribution is -2.57. The number of hydrogen-bond acceptors (Lipinski definition) is 7. The molecule has 11 heteroatoms. The molecule has 1 spiro atoms. The summed E-state index contributed by atoms with van der Waals surface area (Å²) in [5, 5.41) is 30.4. The van der Waals surface area contributed by atoms with Crippen molar-refractivity contribution in [2.24, 2.45) is 16.5 Å². The molecule has 128 valence electrons. The first kappa shape index (κ1) is 17.0. The number of carbonyl (C=O) groups is 2. The Labute approximate surface area is 130 Å². The summed E-state index contributed by atoms with van der Waals surface area (Å²) in [6.07, 6.45) is -1.26. The van der Waals surface area contributed by atoms with Crippen LogP contribution in [0.15, 0.2) is 16.8 Å². The highest BCUT2D eigenvalue weighted by molar-refractivity contribution is 5.85. The Kier molecular flexibility index (Phi) is 4.45. The van der Waals surface area contributed by atoms with Crippen LogP contribution in [0.3, 0.4) is 0 Å². The van der Waals surface area contributed by atoms with E-state index in [1.165, 1.54) is 6.92 Å². The van der Waals surface area contributed by atoms with Gasteiger partial charge in [0.15, 0.2) is 12.1 Å². The average Bonchev–Trinajstić information content (AvgIpc) is 3.15. The van der Waals surface area contributed by atoms with Crippen molar-refractivity contribution in [3.8, 4) is 0 Å². The monoisotopic (exact) mass is 330 g/mol. The van der Waals surface area contributed by atoms with Crippen LogP contribution in [0.1, 0.15) is 6.92 Å². The molecule has 2 rings (SSSR count). The molecule has 0 radical (unpaired) electrons. The van der Waals surface area contributed by atoms with Crippen LogP contribution in [0.5, 0.6) is 0 Å². The molecule has 0 unspecified atom stereocenters. The summed E-state index contributed by atoms with van der Waals surface area (Å²) in [5.41, 5.74) is 10.7. The first-order chi connectivity index (χ1) is 10.7. The van der Waals surface area contributed by atoms with Crippen LogP contribution in [0.4, 0.5) is 0 Å². The average molecular weight is 330 g/mol. The summed E-state index contributed by atoms with van der Waals surface area (Å²) in [6.45, 7) is 0.595. The molecule has 0 aliphatic carbocycles. The number of carboxylic acid groups (broad SMARTS) is 1. The lowest BCUT2D eigenvalue weighted by Gasteiger charge is -2.33. The third-order valence-corrected chi connectivity index (χ3v) is 3.42. The number of aliphatic hydroxyl groups excluding tert-OH is 2. The number of hydrogen-bond donors (Lipinski definition) is 6. The van der Waals surface area contributed by atoms with Gasteiger partial charge in [-0.25, -0.2) is 9.79 Å². The fourth-order valence-electron chi connectivity index (χ4n) is 2.50. The molecule has 0 saturated carbocycles. The number of carboxylic acids is 1. The van der Waals surface area contributed by atoms with Crippen molar-refractivity contribution >= 4 is 17.8 Å². The van der Waals surface area contributed by atoms with Gasteiger partial charge >= 0.3 is 5.97 Å². The molecule has 1 saturated heterocycles. The van der Waals surface area contributed by atoms with E-state index in [-0.39, 0.29) is 5.96 Å². The van der Waals surface area contributed by atoms with Gasteiger partial charge < -0.3 is 41.6 Å². The van der Waals surface area contributed by atoms with Gasteiger partial charge in [0.2, 0.25) is 11.7 Å². The molecule has 1 fully saturated rings. The molecular formula is C12H18N4O7. The topological polar surface area (TPSA) is 193 Å². The van der Waals surface area contributed by atoms with E-state index < -0.39 is 54.3 Å². The zero-order chi connectivity index (χ0) is 17.4. The quantitative estimate of drug-likeness (QED) is 0.169. The van der Waals surface area contributed by atoms with Crippen molar-refractivity contribution in [2.45, 2.75) is 37.0 Å². The zero-order valence-electron chi connectivity index (χ0n) is 12.2. The Morgan fingerprint density at radius 1 is 1.52 bits per heavy atom. The van der Waals surface area contributed by atoms with Gasteiger partial charge in [0.05, 0.1) is 6.61 Å². The highest BCUT2D eigenvalue weighted by atomic mass is 16.8. The van der Waals surface area contributed by atoms with Crippen LogP contribution in [-0.2, 0) is 19.1 Å². The van der Waals surface area contributed by atoms with Gasteiger partial charge in [-0.15, -0.1) is 0 Å². The lowest BCUT2D eigenvalue weighted by molar-refractivity contribution is -0.143. The van der Waals surface area contributed by atoms with Gasteiger partial charge in [0.25, 0.3) is 5.79 Å². The van der Waals surface area contributed by atoms with E-state index in [4.69, 9.17) is 31.2 Å². The summed E-state index contributed by atoms with van der Waals surface area (Å²) in [5.74, 6) is -4.36. The molecule has 0 bridgehead atoms. The Hall–Kier alpha value is -2.37. The Morgan fingerprint density at radius 3 is 2.65 bits per heavy atom. The van der Waals surface area contributed by atoms with E-state index >= 15 is 0 Å². The van der Waals surface area contributed by atoms with Gasteiger partial charge in [-0.3, -0.25) is 4.79 Å². The number of epoxide rings is 1. The van der Waals surface area contributed by atoms with Crippen LogP contribution in [-0.4, -0.2) is 69.8 Å². The summed E-state index contributed by atoms with van der Waals surface area (Å²) >= 11 is 0. The molecule has 11 nitrogen and oxygen atoms in total. The fraction of sp³-hybridized carbons (Fsp3) is 0.583. The number of aliphatic imine (C=N–C) groups is 1. The number of nitrogens with zero attached hydrogens (tertiary/aromatic N) is 1.